The number of hydrogen-bond donors (Lipinski definition) is 0. The van der Waals surface area contributed by atoms with E-state index in [0.717, 1.165) is 0 Å². The summed E-state index contributed by atoms with van der Waals surface area (Å²) < 4.78 is 11.0. The summed E-state index contributed by atoms with van der Waals surface area (Å²) in [4.78, 5) is 11.7. The van der Waals surface area contributed by atoms with Crippen LogP contribution in [0.25, 0.3) is 0 Å². The maximum Gasteiger partial charge on any atom is 0.159 e. The Balaban J connectivity index is 3.02. The van der Waals surface area contributed by atoms with Crippen molar-refractivity contribution >= 4 is 26.5 Å². The van der Waals surface area contributed by atoms with Crippen LogP contribution < -0.4 is 0 Å². The number of rotatable bonds is 2. The van der Waals surface area contributed by atoms with Crippen molar-refractivity contribution in [2.45, 2.75) is 13.8 Å². The summed E-state index contributed by atoms with van der Waals surface area (Å²) in [6.45, 7) is 3.42. The van der Waals surface area contributed by atoms with Crippen molar-refractivity contribution in [2.75, 3.05) is 0 Å². The molecule has 1 aliphatic carbocycles. The summed E-state index contributed by atoms with van der Waals surface area (Å²) in [6.07, 6.45) is 6.89. The van der Waals surface area contributed by atoms with Crippen molar-refractivity contribution in [2.24, 2.45) is 5.92 Å². The van der Waals surface area contributed by atoms with Crippen LogP contribution in [0, 0.1) is 5.92 Å². The third-order valence-corrected chi connectivity index (χ3v) is 3.07. The maximum atomic E-state index is 11.1. The first-order valence-corrected chi connectivity index (χ1v) is 6.19. The van der Waals surface area contributed by atoms with Gasteiger partial charge in [0.2, 0.25) is 0 Å². The van der Waals surface area contributed by atoms with Crippen molar-refractivity contribution in [1.82, 2.24) is 0 Å². The molecule has 14 heavy (non-hydrogen) atoms. The lowest BCUT2D eigenvalue weighted by atomic mass is 10.1. The molecule has 0 amide bonds. The first-order chi connectivity index (χ1) is 6.50. The lowest BCUT2D eigenvalue weighted by Gasteiger charge is -1.99. The molecule has 2 atom stereocenters. The van der Waals surface area contributed by atoms with Crippen molar-refractivity contribution in [3.05, 3.63) is 34.8 Å². The van der Waals surface area contributed by atoms with Gasteiger partial charge in [-0.2, -0.15) is 0 Å². The molecule has 0 fully saturated rings. The van der Waals surface area contributed by atoms with E-state index in [9.17, 15) is 9.00 Å². The van der Waals surface area contributed by atoms with Crippen LogP contribution in [0.4, 0.5) is 0 Å². The minimum absolute atomic E-state index is 0.00287. The molecule has 2 unspecified atom stereocenters. The standard InChI is InChI=1S/C10H11ClO2S/c1-7-5-9(8(2)12)3-4-10(6-7)14(11)13/h3-7H,1-2H3. The Morgan fingerprint density at radius 1 is 1.43 bits per heavy atom. The fourth-order valence-electron chi connectivity index (χ4n) is 1.22. The van der Waals surface area contributed by atoms with Gasteiger partial charge in [0.15, 0.2) is 5.78 Å². The fourth-order valence-corrected chi connectivity index (χ4v) is 2.02. The largest absolute Gasteiger partial charge is 0.295 e. The molecule has 0 spiro atoms. The predicted molar refractivity (Wildman–Crippen MR) is 59.1 cm³/mol. The van der Waals surface area contributed by atoms with Crippen molar-refractivity contribution in [1.29, 1.82) is 0 Å². The van der Waals surface area contributed by atoms with Crippen LogP contribution in [0.15, 0.2) is 34.8 Å². The van der Waals surface area contributed by atoms with Crippen LogP contribution in [0.5, 0.6) is 0 Å². The van der Waals surface area contributed by atoms with Crippen LogP contribution in [0.3, 0.4) is 0 Å². The van der Waals surface area contributed by atoms with E-state index in [0.29, 0.717) is 10.5 Å². The molecule has 76 valence electrons. The molecule has 0 N–H and O–H groups in total. The fraction of sp³-hybridized carbons (Fsp3) is 0.300. The number of carbonyl (C=O) groups is 1. The average molecular weight is 231 g/mol. The van der Waals surface area contributed by atoms with E-state index in [1.807, 2.05) is 13.0 Å². The number of halogens is 1. The minimum atomic E-state index is -1.51. The molecular formula is C10H11ClO2S. The first-order valence-electron chi connectivity index (χ1n) is 4.21. The Hall–Kier alpha value is -0.670. The van der Waals surface area contributed by atoms with E-state index in [2.05, 4.69) is 0 Å². The highest BCUT2D eigenvalue weighted by Gasteiger charge is 2.09. The van der Waals surface area contributed by atoms with Crippen molar-refractivity contribution in [3.8, 4) is 0 Å². The van der Waals surface area contributed by atoms with Crippen LogP contribution in [-0.2, 0) is 14.8 Å². The zero-order chi connectivity index (χ0) is 10.7. The Morgan fingerprint density at radius 3 is 2.57 bits per heavy atom. The molecule has 4 heteroatoms. The third kappa shape index (κ3) is 2.93. The topological polar surface area (TPSA) is 34.1 Å². The van der Waals surface area contributed by atoms with Crippen LogP contribution in [-0.4, -0.2) is 9.99 Å². The van der Waals surface area contributed by atoms with E-state index >= 15 is 0 Å². The number of ketones is 1. The normalized spacial score (nSPS) is 23.5. The molecule has 0 saturated heterocycles. The molecule has 0 saturated carbocycles. The molecule has 2 nitrogen and oxygen atoms in total. The molecule has 1 aliphatic rings. The van der Waals surface area contributed by atoms with E-state index in [4.69, 9.17) is 10.7 Å². The highest BCUT2D eigenvalue weighted by Crippen LogP contribution is 2.19. The first kappa shape index (κ1) is 11.4. The Bertz CT molecular complexity index is 332. The van der Waals surface area contributed by atoms with E-state index in [1.165, 1.54) is 6.92 Å². The predicted octanol–water partition coefficient (Wildman–Crippen LogP) is 2.49. The smallest absolute Gasteiger partial charge is 0.159 e. The molecule has 1 rings (SSSR count). The molecular weight excluding hydrogens is 220 g/mol. The number of allylic oxidation sites excluding steroid dienone is 5. The number of Topliss-reactive ketones (excluding diaryl/α,β-unsaturated/α-hetero) is 1. The second kappa shape index (κ2) is 4.71. The molecule has 0 aromatic rings. The highest BCUT2D eigenvalue weighted by molar-refractivity contribution is 8.11. The van der Waals surface area contributed by atoms with Crippen molar-refractivity contribution < 1.29 is 9.00 Å². The van der Waals surface area contributed by atoms with E-state index in [-0.39, 0.29) is 11.7 Å². The Morgan fingerprint density at radius 2 is 2.07 bits per heavy atom. The van der Waals surface area contributed by atoms with Crippen LogP contribution in [0.2, 0.25) is 0 Å². The van der Waals surface area contributed by atoms with Gasteiger partial charge in [-0.3, -0.25) is 4.79 Å². The van der Waals surface area contributed by atoms with Crippen LogP contribution >= 0.6 is 10.7 Å². The highest BCUT2D eigenvalue weighted by atomic mass is 35.7. The van der Waals surface area contributed by atoms with Gasteiger partial charge >= 0.3 is 0 Å². The summed E-state index contributed by atoms with van der Waals surface area (Å²) in [5.74, 6) is 0.0738. The zero-order valence-corrected chi connectivity index (χ0v) is 9.56. The number of hydrogen-bond acceptors (Lipinski definition) is 2. The lowest BCUT2D eigenvalue weighted by molar-refractivity contribution is -0.113. The summed E-state index contributed by atoms with van der Waals surface area (Å²) >= 11 is 0. The minimum Gasteiger partial charge on any atom is -0.295 e. The third-order valence-electron chi connectivity index (χ3n) is 1.89. The summed E-state index contributed by atoms with van der Waals surface area (Å²) in [7, 11) is 3.96. The summed E-state index contributed by atoms with van der Waals surface area (Å²) in [5, 5.41) is 0. The Labute approximate surface area is 90.3 Å². The molecule has 0 heterocycles. The summed E-state index contributed by atoms with van der Waals surface area (Å²) in [5.41, 5.74) is 0.630. The van der Waals surface area contributed by atoms with Gasteiger partial charge in [0, 0.05) is 5.57 Å². The van der Waals surface area contributed by atoms with Gasteiger partial charge in [-0.1, -0.05) is 25.2 Å². The second-order valence-corrected chi connectivity index (χ2v) is 4.92. The van der Waals surface area contributed by atoms with Gasteiger partial charge in [0.25, 0.3) is 0 Å². The Kier molecular flexibility index (Phi) is 3.84. The van der Waals surface area contributed by atoms with Gasteiger partial charge in [-0.15, -0.1) is 0 Å². The van der Waals surface area contributed by atoms with Gasteiger partial charge in [-0.05, 0) is 29.6 Å². The molecule has 0 bridgehead atoms. The van der Waals surface area contributed by atoms with Gasteiger partial charge < -0.3 is 0 Å². The monoisotopic (exact) mass is 230 g/mol. The van der Waals surface area contributed by atoms with Crippen molar-refractivity contribution in [3.63, 3.8) is 0 Å². The van der Waals surface area contributed by atoms with Gasteiger partial charge in [-0.25, -0.2) is 4.21 Å². The second-order valence-electron chi connectivity index (χ2n) is 3.16. The average Bonchev–Trinajstić information content (AvgIpc) is 2.26. The maximum absolute atomic E-state index is 11.1. The van der Waals surface area contributed by atoms with E-state index < -0.39 is 10.0 Å². The SMILES string of the molecule is CC(=O)C1=CC(C)C=C(S(=O)Cl)C=C1. The molecule has 0 aromatic heterocycles. The van der Waals surface area contributed by atoms with Gasteiger partial charge in [0.05, 0.1) is 4.91 Å². The molecule has 0 aliphatic heterocycles. The molecule has 0 radical (unpaired) electrons. The zero-order valence-electron chi connectivity index (χ0n) is 7.99. The van der Waals surface area contributed by atoms with Gasteiger partial charge in [0.1, 0.15) is 10.0 Å². The number of carbonyl (C=O) groups excluding carboxylic acids is 1. The quantitative estimate of drug-likeness (QED) is 0.683. The lowest BCUT2D eigenvalue weighted by Crippen LogP contribution is -1.94. The van der Waals surface area contributed by atoms with E-state index in [1.54, 1.807) is 18.2 Å². The molecule has 0 aromatic carbocycles. The summed E-state index contributed by atoms with van der Waals surface area (Å²) in [6, 6.07) is 0. The van der Waals surface area contributed by atoms with Crippen LogP contribution in [0.1, 0.15) is 13.8 Å².